The Balaban J connectivity index is 1.58. The fourth-order valence-corrected chi connectivity index (χ4v) is 3.64. The van der Waals surface area contributed by atoms with Crippen molar-refractivity contribution in [2.45, 2.75) is 49.1 Å². The number of halogens is 2. The number of aromatic amines is 1. The van der Waals surface area contributed by atoms with Crippen LogP contribution < -0.4 is 5.32 Å². The molecule has 128 valence electrons. The zero-order valence-corrected chi connectivity index (χ0v) is 15.7. The third-order valence-corrected chi connectivity index (χ3v) is 5.41. The first-order chi connectivity index (χ1) is 11.4. The van der Waals surface area contributed by atoms with Gasteiger partial charge < -0.3 is 5.32 Å². The standard InChI is InChI=1S/C16H18Cl2N4OS/c1-8(12-6-5-11(17)7-13(12)18)19-15(23)9(2)24-16-20-14(21-22-16)10-3-4-10/h5-10H,3-4H2,1-2H3,(H,19,23)(H,20,21,22). The van der Waals surface area contributed by atoms with Crippen LogP contribution in [0.3, 0.4) is 0 Å². The lowest BCUT2D eigenvalue weighted by Gasteiger charge is -2.18. The normalized spacial score (nSPS) is 16.7. The first-order valence-corrected chi connectivity index (χ1v) is 9.42. The molecule has 1 amide bonds. The van der Waals surface area contributed by atoms with E-state index in [0.29, 0.717) is 21.1 Å². The molecule has 2 aromatic rings. The van der Waals surface area contributed by atoms with Gasteiger partial charge in [0.15, 0.2) is 0 Å². The number of H-pyrrole nitrogens is 1. The van der Waals surface area contributed by atoms with Crippen LogP contribution >= 0.6 is 35.0 Å². The van der Waals surface area contributed by atoms with E-state index >= 15 is 0 Å². The summed E-state index contributed by atoms with van der Waals surface area (Å²) < 4.78 is 0. The van der Waals surface area contributed by atoms with Crippen LogP contribution in [-0.2, 0) is 4.79 Å². The fourth-order valence-electron chi connectivity index (χ4n) is 2.32. The fraction of sp³-hybridized carbons (Fsp3) is 0.438. The Hall–Kier alpha value is -1.24. The van der Waals surface area contributed by atoms with Gasteiger partial charge in [-0.2, -0.15) is 0 Å². The molecule has 0 saturated heterocycles. The van der Waals surface area contributed by atoms with E-state index in [2.05, 4.69) is 20.5 Å². The van der Waals surface area contributed by atoms with Crippen LogP contribution in [0.1, 0.15) is 50.0 Å². The first kappa shape index (κ1) is 17.6. The quantitative estimate of drug-likeness (QED) is 0.726. The zero-order valence-electron chi connectivity index (χ0n) is 13.3. The molecule has 24 heavy (non-hydrogen) atoms. The molecule has 2 atom stereocenters. The van der Waals surface area contributed by atoms with Crippen molar-refractivity contribution in [1.82, 2.24) is 20.5 Å². The number of nitrogens with zero attached hydrogens (tertiary/aromatic N) is 2. The highest BCUT2D eigenvalue weighted by molar-refractivity contribution is 8.00. The van der Waals surface area contributed by atoms with Crippen LogP contribution in [0.2, 0.25) is 10.0 Å². The minimum absolute atomic E-state index is 0.0868. The van der Waals surface area contributed by atoms with Crippen molar-refractivity contribution in [3.63, 3.8) is 0 Å². The van der Waals surface area contributed by atoms with E-state index in [4.69, 9.17) is 23.2 Å². The summed E-state index contributed by atoms with van der Waals surface area (Å²) in [6.07, 6.45) is 2.32. The molecule has 0 radical (unpaired) electrons. The van der Waals surface area contributed by atoms with Gasteiger partial charge in [0.1, 0.15) is 5.82 Å². The molecule has 1 fully saturated rings. The summed E-state index contributed by atoms with van der Waals surface area (Å²) in [5.41, 5.74) is 0.834. The number of thioether (sulfide) groups is 1. The van der Waals surface area contributed by atoms with Crippen molar-refractivity contribution in [2.75, 3.05) is 0 Å². The number of hydrogen-bond donors (Lipinski definition) is 2. The van der Waals surface area contributed by atoms with E-state index in [0.717, 1.165) is 24.2 Å². The second-order valence-corrected chi connectivity index (χ2v) is 8.09. The van der Waals surface area contributed by atoms with Gasteiger partial charge in [0.05, 0.1) is 11.3 Å². The molecule has 3 rings (SSSR count). The summed E-state index contributed by atoms with van der Waals surface area (Å²) in [5.74, 6) is 1.35. The number of aromatic nitrogens is 3. The summed E-state index contributed by atoms with van der Waals surface area (Å²) in [4.78, 5) is 16.8. The summed E-state index contributed by atoms with van der Waals surface area (Å²) in [5, 5.41) is 11.5. The Morgan fingerprint density at radius 3 is 2.79 bits per heavy atom. The molecule has 1 heterocycles. The minimum Gasteiger partial charge on any atom is -0.349 e. The largest absolute Gasteiger partial charge is 0.349 e. The van der Waals surface area contributed by atoms with Gasteiger partial charge in [-0.15, -0.1) is 5.10 Å². The Kier molecular flexibility index (Phi) is 5.37. The molecular formula is C16H18Cl2N4OS. The smallest absolute Gasteiger partial charge is 0.233 e. The van der Waals surface area contributed by atoms with Crippen LogP contribution in [-0.4, -0.2) is 26.3 Å². The maximum absolute atomic E-state index is 12.4. The van der Waals surface area contributed by atoms with Crippen molar-refractivity contribution >= 4 is 40.9 Å². The number of benzene rings is 1. The SMILES string of the molecule is CC(Sc1n[nH]c(C2CC2)n1)C(=O)NC(C)c1ccc(Cl)cc1Cl. The molecule has 0 spiro atoms. The lowest BCUT2D eigenvalue weighted by molar-refractivity contribution is -0.120. The first-order valence-electron chi connectivity index (χ1n) is 7.78. The van der Waals surface area contributed by atoms with Crippen molar-refractivity contribution in [3.8, 4) is 0 Å². The molecule has 1 aliphatic rings. The lowest BCUT2D eigenvalue weighted by Crippen LogP contribution is -2.33. The molecule has 1 aromatic heterocycles. The van der Waals surface area contributed by atoms with E-state index in [1.54, 1.807) is 12.1 Å². The maximum Gasteiger partial charge on any atom is 0.233 e. The van der Waals surface area contributed by atoms with E-state index in [1.807, 2.05) is 19.9 Å². The van der Waals surface area contributed by atoms with E-state index in [9.17, 15) is 4.79 Å². The molecule has 2 unspecified atom stereocenters. The van der Waals surface area contributed by atoms with Crippen LogP contribution in [0.4, 0.5) is 0 Å². The average Bonchev–Trinajstić information content (AvgIpc) is 3.27. The molecule has 1 aromatic carbocycles. The van der Waals surface area contributed by atoms with Gasteiger partial charge in [-0.25, -0.2) is 4.98 Å². The van der Waals surface area contributed by atoms with Crippen molar-refractivity contribution in [2.24, 2.45) is 0 Å². The maximum atomic E-state index is 12.4. The highest BCUT2D eigenvalue weighted by Gasteiger charge is 2.28. The third-order valence-electron chi connectivity index (χ3n) is 3.89. The predicted octanol–water partition coefficient (Wildman–Crippen LogP) is 4.35. The summed E-state index contributed by atoms with van der Waals surface area (Å²) in [6.45, 7) is 3.73. The van der Waals surface area contributed by atoms with Crippen LogP contribution in [0, 0.1) is 0 Å². The molecule has 0 bridgehead atoms. The number of nitrogens with one attached hydrogen (secondary N) is 2. The Bertz CT molecular complexity index is 747. The molecule has 1 saturated carbocycles. The minimum atomic E-state index is -0.304. The Labute approximate surface area is 154 Å². The Morgan fingerprint density at radius 1 is 1.38 bits per heavy atom. The molecule has 0 aliphatic heterocycles. The highest BCUT2D eigenvalue weighted by Crippen LogP contribution is 2.38. The average molecular weight is 385 g/mol. The van der Waals surface area contributed by atoms with Crippen LogP contribution in [0.15, 0.2) is 23.4 Å². The van der Waals surface area contributed by atoms with Crippen molar-refractivity contribution < 1.29 is 4.79 Å². The summed E-state index contributed by atoms with van der Waals surface area (Å²) >= 11 is 13.4. The molecular weight excluding hydrogens is 367 g/mol. The summed E-state index contributed by atoms with van der Waals surface area (Å²) in [7, 11) is 0. The number of amides is 1. The highest BCUT2D eigenvalue weighted by atomic mass is 35.5. The van der Waals surface area contributed by atoms with Gasteiger partial charge >= 0.3 is 0 Å². The van der Waals surface area contributed by atoms with E-state index in [-0.39, 0.29) is 17.2 Å². The monoisotopic (exact) mass is 384 g/mol. The van der Waals surface area contributed by atoms with E-state index in [1.165, 1.54) is 11.8 Å². The van der Waals surface area contributed by atoms with Crippen LogP contribution in [0.5, 0.6) is 0 Å². The van der Waals surface area contributed by atoms with Gasteiger partial charge in [-0.05, 0) is 44.4 Å². The number of rotatable bonds is 6. The Morgan fingerprint density at radius 2 is 2.12 bits per heavy atom. The molecule has 1 aliphatic carbocycles. The number of carbonyl (C=O) groups excluding carboxylic acids is 1. The summed E-state index contributed by atoms with van der Waals surface area (Å²) in [6, 6.07) is 5.05. The second kappa shape index (κ2) is 7.33. The number of carbonyl (C=O) groups is 1. The van der Waals surface area contributed by atoms with Gasteiger partial charge in [-0.3, -0.25) is 9.89 Å². The zero-order chi connectivity index (χ0) is 17.3. The molecule has 8 heteroatoms. The number of hydrogen-bond acceptors (Lipinski definition) is 4. The second-order valence-electron chi connectivity index (χ2n) is 5.93. The molecule has 5 nitrogen and oxygen atoms in total. The van der Waals surface area contributed by atoms with Crippen molar-refractivity contribution in [3.05, 3.63) is 39.6 Å². The van der Waals surface area contributed by atoms with Gasteiger partial charge in [0, 0.05) is 16.0 Å². The van der Waals surface area contributed by atoms with Gasteiger partial charge in [0.25, 0.3) is 0 Å². The van der Waals surface area contributed by atoms with Gasteiger partial charge in [-0.1, -0.05) is 41.0 Å². The predicted molar refractivity (Wildman–Crippen MR) is 96.7 cm³/mol. The third kappa shape index (κ3) is 4.23. The topological polar surface area (TPSA) is 70.7 Å². The van der Waals surface area contributed by atoms with E-state index < -0.39 is 0 Å². The van der Waals surface area contributed by atoms with Gasteiger partial charge in [0.2, 0.25) is 11.1 Å². The van der Waals surface area contributed by atoms with Crippen LogP contribution in [0.25, 0.3) is 0 Å². The molecule has 2 N–H and O–H groups in total. The van der Waals surface area contributed by atoms with Crippen molar-refractivity contribution in [1.29, 1.82) is 0 Å². The lowest BCUT2D eigenvalue weighted by atomic mass is 10.1.